The van der Waals surface area contributed by atoms with E-state index in [0.29, 0.717) is 27.6 Å². The van der Waals surface area contributed by atoms with Crippen LogP contribution < -0.4 is 14.9 Å². The lowest BCUT2D eigenvalue weighted by molar-refractivity contribution is 0.0734. The van der Waals surface area contributed by atoms with Crippen molar-refractivity contribution in [2.24, 2.45) is 5.10 Å². The molecule has 0 aliphatic rings. The predicted octanol–water partition coefficient (Wildman–Crippen LogP) is 5.48. The van der Waals surface area contributed by atoms with Crippen molar-refractivity contribution in [3.05, 3.63) is 107 Å². The Morgan fingerprint density at radius 3 is 2.39 bits per heavy atom. The number of halogens is 1. The molecule has 33 heavy (non-hydrogen) atoms. The molecule has 0 unspecified atom stereocenters. The summed E-state index contributed by atoms with van der Waals surface area (Å²) in [6.45, 7) is 0. The Labute approximate surface area is 195 Å². The van der Waals surface area contributed by atoms with Crippen LogP contribution in [0.3, 0.4) is 0 Å². The minimum atomic E-state index is -0.590. The summed E-state index contributed by atoms with van der Waals surface area (Å²) in [5.41, 5.74) is 3.72. The lowest BCUT2D eigenvalue weighted by atomic mass is 10.0. The minimum Gasteiger partial charge on any atom is -0.497 e. The molecule has 0 fully saturated rings. The van der Waals surface area contributed by atoms with Gasteiger partial charge in [0.25, 0.3) is 5.91 Å². The molecule has 0 heterocycles. The second-order valence-corrected chi connectivity index (χ2v) is 7.40. The normalized spacial score (nSPS) is 10.8. The van der Waals surface area contributed by atoms with E-state index in [1.54, 1.807) is 61.7 Å². The molecule has 1 N–H and O–H groups in total. The molecule has 0 saturated heterocycles. The molecule has 4 aromatic rings. The molecular weight excluding hydrogens is 440 g/mol. The van der Waals surface area contributed by atoms with Gasteiger partial charge in [0, 0.05) is 11.1 Å². The second-order valence-electron chi connectivity index (χ2n) is 7.00. The van der Waals surface area contributed by atoms with Crippen LogP contribution in [0.2, 0.25) is 5.02 Å². The molecule has 6 nitrogen and oxygen atoms in total. The summed E-state index contributed by atoms with van der Waals surface area (Å²) < 4.78 is 10.7. The third-order valence-electron chi connectivity index (χ3n) is 4.94. The number of rotatable bonds is 6. The number of esters is 1. The number of amides is 1. The highest BCUT2D eigenvalue weighted by atomic mass is 35.5. The van der Waals surface area contributed by atoms with Crippen LogP contribution in [0.1, 0.15) is 26.3 Å². The molecule has 0 spiro atoms. The maximum Gasteiger partial charge on any atom is 0.345 e. The average Bonchev–Trinajstić information content (AvgIpc) is 2.85. The van der Waals surface area contributed by atoms with Crippen LogP contribution in [0.5, 0.6) is 11.5 Å². The summed E-state index contributed by atoms with van der Waals surface area (Å²) in [6.07, 6.45) is 1.46. The van der Waals surface area contributed by atoms with Gasteiger partial charge in [0.2, 0.25) is 0 Å². The highest BCUT2D eigenvalue weighted by Gasteiger charge is 2.16. The van der Waals surface area contributed by atoms with Gasteiger partial charge in [-0.15, -0.1) is 0 Å². The topological polar surface area (TPSA) is 77.0 Å². The molecule has 0 saturated carbocycles. The van der Waals surface area contributed by atoms with Gasteiger partial charge >= 0.3 is 5.97 Å². The maximum atomic E-state index is 12.7. The Hall–Kier alpha value is -4.16. The van der Waals surface area contributed by atoms with E-state index in [0.717, 1.165) is 10.8 Å². The van der Waals surface area contributed by atoms with Crippen molar-refractivity contribution in [3.63, 3.8) is 0 Å². The summed E-state index contributed by atoms with van der Waals surface area (Å²) in [6, 6.07) is 24.4. The summed E-state index contributed by atoms with van der Waals surface area (Å²) in [7, 11) is 1.56. The van der Waals surface area contributed by atoms with Crippen LogP contribution in [-0.2, 0) is 0 Å². The van der Waals surface area contributed by atoms with Gasteiger partial charge in [-0.2, -0.15) is 5.10 Å². The first-order chi connectivity index (χ1) is 16.1. The molecule has 0 aliphatic heterocycles. The first-order valence-electron chi connectivity index (χ1n) is 10.0. The molecule has 7 heteroatoms. The van der Waals surface area contributed by atoms with Crippen molar-refractivity contribution in [1.82, 2.24) is 5.43 Å². The zero-order valence-corrected chi connectivity index (χ0v) is 18.4. The molecule has 4 rings (SSSR count). The number of methoxy groups -OCH3 is 1. The van der Waals surface area contributed by atoms with Gasteiger partial charge in [-0.25, -0.2) is 10.2 Å². The molecule has 0 bridgehead atoms. The fourth-order valence-electron chi connectivity index (χ4n) is 3.24. The van der Waals surface area contributed by atoms with Crippen molar-refractivity contribution in [2.75, 3.05) is 7.11 Å². The highest BCUT2D eigenvalue weighted by Crippen LogP contribution is 2.28. The first kappa shape index (κ1) is 22.0. The number of ether oxygens (including phenoxy) is 2. The van der Waals surface area contributed by atoms with Crippen LogP contribution in [0.25, 0.3) is 10.8 Å². The SMILES string of the molecule is COc1ccc(C(=O)NN=Cc2c(OC(=O)c3ccccc3Cl)ccc3ccccc23)cc1. The molecule has 1 amide bonds. The smallest absolute Gasteiger partial charge is 0.345 e. The van der Waals surface area contributed by atoms with Crippen LogP contribution in [-0.4, -0.2) is 25.2 Å². The summed E-state index contributed by atoms with van der Waals surface area (Å²) in [5.74, 6) is -0.0339. The van der Waals surface area contributed by atoms with Crippen molar-refractivity contribution in [3.8, 4) is 11.5 Å². The van der Waals surface area contributed by atoms with E-state index in [2.05, 4.69) is 10.5 Å². The zero-order valence-electron chi connectivity index (χ0n) is 17.6. The lowest BCUT2D eigenvalue weighted by Crippen LogP contribution is -2.17. The van der Waals surface area contributed by atoms with Crippen LogP contribution >= 0.6 is 11.6 Å². The Morgan fingerprint density at radius 2 is 1.64 bits per heavy atom. The Bertz CT molecular complexity index is 1350. The molecule has 164 valence electrons. The fourth-order valence-corrected chi connectivity index (χ4v) is 3.45. The van der Waals surface area contributed by atoms with Gasteiger partial charge in [0.1, 0.15) is 11.5 Å². The van der Waals surface area contributed by atoms with E-state index >= 15 is 0 Å². The standard InChI is InChI=1S/C26H19ClN2O4/c1-32-19-13-10-18(11-14-19)25(30)29-28-16-22-20-7-3-2-6-17(20)12-15-24(22)33-26(31)21-8-4-5-9-23(21)27/h2-16H,1H3,(H,29,30). The third-order valence-corrected chi connectivity index (χ3v) is 5.27. The fraction of sp³-hybridized carbons (Fsp3) is 0.0385. The summed E-state index contributed by atoms with van der Waals surface area (Å²) in [5, 5.41) is 6.13. The van der Waals surface area contributed by atoms with Crippen molar-refractivity contribution in [2.45, 2.75) is 0 Å². The van der Waals surface area contributed by atoms with E-state index in [1.165, 1.54) is 6.21 Å². The Balaban J connectivity index is 1.61. The van der Waals surface area contributed by atoms with Gasteiger partial charge in [-0.1, -0.05) is 54.1 Å². The number of hydrogen-bond acceptors (Lipinski definition) is 5. The third kappa shape index (κ3) is 5.02. The highest BCUT2D eigenvalue weighted by molar-refractivity contribution is 6.33. The van der Waals surface area contributed by atoms with E-state index in [9.17, 15) is 9.59 Å². The second kappa shape index (κ2) is 9.97. The summed E-state index contributed by atoms with van der Waals surface area (Å²) >= 11 is 6.13. The Morgan fingerprint density at radius 1 is 0.909 bits per heavy atom. The maximum absolute atomic E-state index is 12.7. The number of nitrogens with one attached hydrogen (secondary N) is 1. The number of hydrogen-bond donors (Lipinski definition) is 1. The van der Waals surface area contributed by atoms with Crippen molar-refractivity contribution >= 4 is 40.5 Å². The number of nitrogens with zero attached hydrogens (tertiary/aromatic N) is 1. The zero-order chi connectivity index (χ0) is 23.2. The largest absolute Gasteiger partial charge is 0.497 e. The van der Waals surface area contributed by atoms with E-state index in [-0.39, 0.29) is 11.5 Å². The van der Waals surface area contributed by atoms with Gasteiger partial charge in [-0.3, -0.25) is 4.79 Å². The van der Waals surface area contributed by atoms with E-state index in [1.807, 2.05) is 30.3 Å². The molecular formula is C26H19ClN2O4. The van der Waals surface area contributed by atoms with Crippen molar-refractivity contribution < 1.29 is 19.1 Å². The molecule has 0 atom stereocenters. The number of benzene rings is 4. The van der Waals surface area contributed by atoms with Gasteiger partial charge in [0.15, 0.2) is 0 Å². The van der Waals surface area contributed by atoms with Gasteiger partial charge < -0.3 is 9.47 Å². The van der Waals surface area contributed by atoms with Crippen molar-refractivity contribution in [1.29, 1.82) is 0 Å². The molecule has 4 aromatic carbocycles. The van der Waals surface area contributed by atoms with Crippen LogP contribution in [0.15, 0.2) is 90.0 Å². The quantitative estimate of drug-likeness (QED) is 0.179. The minimum absolute atomic E-state index is 0.253. The predicted molar refractivity (Wildman–Crippen MR) is 128 cm³/mol. The molecule has 0 aromatic heterocycles. The number of carbonyl (C=O) groups excluding carboxylic acids is 2. The lowest BCUT2D eigenvalue weighted by Gasteiger charge is -2.11. The molecule has 0 radical (unpaired) electrons. The van der Waals surface area contributed by atoms with E-state index < -0.39 is 5.97 Å². The molecule has 0 aliphatic carbocycles. The van der Waals surface area contributed by atoms with Crippen LogP contribution in [0.4, 0.5) is 0 Å². The monoisotopic (exact) mass is 458 g/mol. The number of fused-ring (bicyclic) bond motifs is 1. The number of hydrazone groups is 1. The first-order valence-corrected chi connectivity index (χ1v) is 10.4. The Kier molecular flexibility index (Phi) is 6.66. The van der Waals surface area contributed by atoms with Crippen LogP contribution in [0, 0.1) is 0 Å². The van der Waals surface area contributed by atoms with Gasteiger partial charge in [0.05, 0.1) is 23.9 Å². The summed E-state index contributed by atoms with van der Waals surface area (Å²) in [4.78, 5) is 25.1. The van der Waals surface area contributed by atoms with Gasteiger partial charge in [-0.05, 0) is 53.2 Å². The average molecular weight is 459 g/mol. The van der Waals surface area contributed by atoms with E-state index in [4.69, 9.17) is 21.1 Å². The number of carbonyl (C=O) groups is 2.